The van der Waals surface area contributed by atoms with Crippen LogP contribution in [0.4, 0.5) is 0 Å². The molecular weight excluding hydrogens is 288 g/mol. The van der Waals surface area contributed by atoms with Gasteiger partial charge in [0.05, 0.1) is 11.0 Å². The Bertz CT molecular complexity index is 626. The van der Waals surface area contributed by atoms with Crippen LogP contribution in [0.15, 0.2) is 23.1 Å². The van der Waals surface area contributed by atoms with E-state index in [0.29, 0.717) is 13.0 Å². The Morgan fingerprint density at radius 1 is 1.43 bits per heavy atom. The molecule has 1 aromatic carbocycles. The number of aryl methyl sites for hydroxylation is 1. The molecule has 1 aliphatic carbocycles. The number of methoxy groups -OCH3 is 1. The second-order valence-electron chi connectivity index (χ2n) is 6.25. The van der Waals surface area contributed by atoms with Crippen molar-refractivity contribution in [3.8, 4) is 0 Å². The molecule has 0 aromatic heterocycles. The minimum Gasteiger partial charge on any atom is -0.381 e. The van der Waals surface area contributed by atoms with E-state index in [4.69, 9.17) is 10.5 Å². The molecule has 5 nitrogen and oxygen atoms in total. The van der Waals surface area contributed by atoms with Gasteiger partial charge in [-0.05, 0) is 36.6 Å². The van der Waals surface area contributed by atoms with E-state index < -0.39 is 10.0 Å². The Labute approximate surface area is 126 Å². The summed E-state index contributed by atoms with van der Waals surface area (Å²) in [6.45, 7) is 6.27. The highest BCUT2D eigenvalue weighted by Crippen LogP contribution is 2.43. The SMILES string of the molecule is COC1CC(NS(=O)(=O)c2ccc(C)c(CN)c2)C1(C)C. The van der Waals surface area contributed by atoms with Crippen LogP contribution in [0.3, 0.4) is 0 Å². The molecule has 1 aliphatic rings. The van der Waals surface area contributed by atoms with Gasteiger partial charge in [-0.25, -0.2) is 13.1 Å². The van der Waals surface area contributed by atoms with Crippen molar-refractivity contribution >= 4 is 10.0 Å². The molecule has 2 rings (SSSR count). The van der Waals surface area contributed by atoms with Crippen LogP contribution in [-0.4, -0.2) is 27.7 Å². The zero-order valence-corrected chi connectivity index (χ0v) is 13.8. The quantitative estimate of drug-likeness (QED) is 0.864. The van der Waals surface area contributed by atoms with Crippen LogP contribution in [0.1, 0.15) is 31.4 Å². The summed E-state index contributed by atoms with van der Waals surface area (Å²) in [6.07, 6.45) is 0.779. The fourth-order valence-electron chi connectivity index (χ4n) is 2.78. The van der Waals surface area contributed by atoms with Crippen LogP contribution < -0.4 is 10.5 Å². The van der Waals surface area contributed by atoms with Gasteiger partial charge in [0, 0.05) is 25.1 Å². The third kappa shape index (κ3) is 2.99. The van der Waals surface area contributed by atoms with Gasteiger partial charge in [-0.15, -0.1) is 0 Å². The second-order valence-corrected chi connectivity index (χ2v) is 7.96. The van der Waals surface area contributed by atoms with Crippen molar-refractivity contribution < 1.29 is 13.2 Å². The Kier molecular flexibility index (Phi) is 4.44. The topological polar surface area (TPSA) is 81.4 Å². The van der Waals surface area contributed by atoms with Crippen molar-refractivity contribution in [2.75, 3.05) is 7.11 Å². The Balaban J connectivity index is 2.20. The van der Waals surface area contributed by atoms with Crippen LogP contribution in [0.25, 0.3) is 0 Å². The van der Waals surface area contributed by atoms with Crippen LogP contribution >= 0.6 is 0 Å². The van der Waals surface area contributed by atoms with Crippen molar-refractivity contribution in [2.24, 2.45) is 11.1 Å². The summed E-state index contributed by atoms with van der Waals surface area (Å²) < 4.78 is 33.1. The van der Waals surface area contributed by atoms with Crippen LogP contribution in [-0.2, 0) is 21.3 Å². The first-order valence-corrected chi connectivity index (χ1v) is 8.55. The summed E-state index contributed by atoms with van der Waals surface area (Å²) in [5.41, 5.74) is 7.29. The molecule has 6 heteroatoms. The molecule has 21 heavy (non-hydrogen) atoms. The van der Waals surface area contributed by atoms with E-state index >= 15 is 0 Å². The Morgan fingerprint density at radius 2 is 2.10 bits per heavy atom. The smallest absolute Gasteiger partial charge is 0.240 e. The van der Waals surface area contributed by atoms with Gasteiger partial charge in [0.1, 0.15) is 0 Å². The van der Waals surface area contributed by atoms with Gasteiger partial charge in [0.15, 0.2) is 0 Å². The fourth-order valence-corrected chi connectivity index (χ4v) is 4.23. The number of hydrogen-bond donors (Lipinski definition) is 2. The van der Waals surface area contributed by atoms with Crippen LogP contribution in [0, 0.1) is 12.3 Å². The molecule has 2 unspecified atom stereocenters. The van der Waals surface area contributed by atoms with Gasteiger partial charge in [0.25, 0.3) is 0 Å². The molecule has 0 bridgehead atoms. The van der Waals surface area contributed by atoms with Gasteiger partial charge >= 0.3 is 0 Å². The Morgan fingerprint density at radius 3 is 2.62 bits per heavy atom. The average Bonchev–Trinajstić information content (AvgIpc) is 2.43. The molecule has 1 aromatic rings. The largest absolute Gasteiger partial charge is 0.381 e. The van der Waals surface area contributed by atoms with E-state index in [9.17, 15) is 8.42 Å². The first-order chi connectivity index (χ1) is 9.72. The second kappa shape index (κ2) is 5.68. The maximum Gasteiger partial charge on any atom is 0.240 e. The van der Waals surface area contributed by atoms with Crippen molar-refractivity contribution in [1.29, 1.82) is 0 Å². The van der Waals surface area contributed by atoms with Gasteiger partial charge in [-0.2, -0.15) is 0 Å². The predicted octanol–water partition coefficient (Wildman–Crippen LogP) is 1.55. The summed E-state index contributed by atoms with van der Waals surface area (Å²) in [7, 11) is -1.88. The first-order valence-electron chi connectivity index (χ1n) is 7.07. The van der Waals surface area contributed by atoms with E-state index in [0.717, 1.165) is 11.1 Å². The number of ether oxygens (including phenoxy) is 1. The molecule has 1 fully saturated rings. The van der Waals surface area contributed by atoms with E-state index in [-0.39, 0.29) is 22.5 Å². The standard InChI is InChI=1S/C15H24N2O3S/c1-10-5-6-12(7-11(10)9-16)21(18,19)17-13-8-14(20-4)15(13,2)3/h5-7,13-14,17H,8-9,16H2,1-4H3. The minimum atomic E-state index is -3.53. The first kappa shape index (κ1) is 16.4. The number of nitrogens with two attached hydrogens (primary N) is 1. The maximum absolute atomic E-state index is 12.5. The molecule has 0 spiro atoms. The summed E-state index contributed by atoms with van der Waals surface area (Å²) in [5, 5.41) is 0. The fraction of sp³-hybridized carbons (Fsp3) is 0.600. The van der Waals surface area contributed by atoms with E-state index in [1.54, 1.807) is 25.3 Å². The van der Waals surface area contributed by atoms with Gasteiger partial charge < -0.3 is 10.5 Å². The van der Waals surface area contributed by atoms with Gasteiger partial charge in [-0.1, -0.05) is 19.9 Å². The average molecular weight is 312 g/mol. The van der Waals surface area contributed by atoms with Crippen LogP contribution in [0.5, 0.6) is 0 Å². The van der Waals surface area contributed by atoms with E-state index in [2.05, 4.69) is 4.72 Å². The zero-order valence-electron chi connectivity index (χ0n) is 13.0. The van der Waals surface area contributed by atoms with Crippen molar-refractivity contribution in [2.45, 2.75) is 50.8 Å². The molecule has 1 saturated carbocycles. The highest BCUT2D eigenvalue weighted by atomic mass is 32.2. The molecule has 0 saturated heterocycles. The number of nitrogens with one attached hydrogen (secondary N) is 1. The highest BCUT2D eigenvalue weighted by Gasteiger charge is 2.50. The molecule has 3 N–H and O–H groups in total. The molecule has 118 valence electrons. The third-order valence-electron chi connectivity index (χ3n) is 4.61. The van der Waals surface area contributed by atoms with Gasteiger partial charge in [0.2, 0.25) is 10.0 Å². The number of sulfonamides is 1. The maximum atomic E-state index is 12.5. The normalized spacial score (nSPS) is 24.6. The summed E-state index contributed by atoms with van der Waals surface area (Å²) in [6, 6.07) is 4.95. The number of hydrogen-bond acceptors (Lipinski definition) is 4. The minimum absolute atomic E-state index is 0.0859. The molecule has 0 amide bonds. The lowest BCUT2D eigenvalue weighted by molar-refractivity contribution is -0.0908. The summed E-state index contributed by atoms with van der Waals surface area (Å²) in [5.74, 6) is 0. The molecule has 0 aliphatic heterocycles. The van der Waals surface area contributed by atoms with Crippen molar-refractivity contribution in [3.63, 3.8) is 0 Å². The lowest BCUT2D eigenvalue weighted by atomic mass is 9.65. The monoisotopic (exact) mass is 312 g/mol. The van der Waals surface area contributed by atoms with Gasteiger partial charge in [-0.3, -0.25) is 0 Å². The molecular formula is C15H24N2O3S. The lowest BCUT2D eigenvalue weighted by Gasteiger charge is -2.50. The molecule has 2 atom stereocenters. The lowest BCUT2D eigenvalue weighted by Crippen LogP contribution is -2.61. The number of rotatable bonds is 5. The van der Waals surface area contributed by atoms with Crippen LogP contribution in [0.2, 0.25) is 0 Å². The van der Waals surface area contributed by atoms with Crippen molar-refractivity contribution in [3.05, 3.63) is 29.3 Å². The Hall–Kier alpha value is -0.950. The molecule has 0 heterocycles. The predicted molar refractivity (Wildman–Crippen MR) is 82.4 cm³/mol. The highest BCUT2D eigenvalue weighted by molar-refractivity contribution is 7.89. The summed E-state index contributed by atoms with van der Waals surface area (Å²) in [4.78, 5) is 0.269. The van der Waals surface area contributed by atoms with Crippen molar-refractivity contribution in [1.82, 2.24) is 4.72 Å². The third-order valence-corrected chi connectivity index (χ3v) is 6.08. The van der Waals surface area contributed by atoms with E-state index in [1.807, 2.05) is 20.8 Å². The van der Waals surface area contributed by atoms with E-state index in [1.165, 1.54) is 0 Å². The summed E-state index contributed by atoms with van der Waals surface area (Å²) >= 11 is 0. The molecule has 0 radical (unpaired) electrons. The number of benzene rings is 1. The zero-order chi connectivity index (χ0) is 15.8.